The molecule has 0 unspecified atom stereocenters. The summed E-state index contributed by atoms with van der Waals surface area (Å²) < 4.78 is 24.7. The topological polar surface area (TPSA) is 123 Å². The lowest BCUT2D eigenvalue weighted by molar-refractivity contribution is 0.475. The second-order valence-corrected chi connectivity index (χ2v) is 8.17. The van der Waals surface area contributed by atoms with Crippen LogP contribution in [-0.4, -0.2) is 27.9 Å². The molecule has 0 aliphatic heterocycles. The van der Waals surface area contributed by atoms with Gasteiger partial charge in [0.25, 0.3) is 0 Å². The third-order valence-corrected chi connectivity index (χ3v) is 5.50. The van der Waals surface area contributed by atoms with Crippen LogP contribution in [0.2, 0.25) is 0 Å². The van der Waals surface area contributed by atoms with E-state index in [-0.39, 0.29) is 10.6 Å². The number of rotatable bonds is 5. The van der Waals surface area contributed by atoms with E-state index in [9.17, 15) is 13.5 Å². The molecule has 8 nitrogen and oxygen atoms in total. The first-order valence-electron chi connectivity index (χ1n) is 8.81. The summed E-state index contributed by atoms with van der Waals surface area (Å²) in [5.41, 5.74) is 4.24. The summed E-state index contributed by atoms with van der Waals surface area (Å²) in [5, 5.41) is 17.9. The molecule has 29 heavy (non-hydrogen) atoms. The van der Waals surface area contributed by atoms with E-state index in [2.05, 4.69) is 15.3 Å². The van der Waals surface area contributed by atoms with Crippen LogP contribution in [0.3, 0.4) is 0 Å². The third-order valence-electron chi connectivity index (χ3n) is 4.57. The van der Waals surface area contributed by atoms with Crippen molar-refractivity contribution in [3.05, 3.63) is 72.2 Å². The number of primary sulfonamides is 1. The van der Waals surface area contributed by atoms with E-state index in [0.717, 1.165) is 22.5 Å². The van der Waals surface area contributed by atoms with Crippen LogP contribution in [0.5, 0.6) is 5.75 Å². The van der Waals surface area contributed by atoms with Gasteiger partial charge in [-0.3, -0.25) is 4.40 Å². The van der Waals surface area contributed by atoms with Crippen molar-refractivity contribution in [2.24, 2.45) is 5.14 Å². The minimum absolute atomic E-state index is 0.0731. The summed E-state index contributed by atoms with van der Waals surface area (Å²) in [6, 6.07) is 13.3. The molecule has 148 valence electrons. The van der Waals surface area contributed by atoms with E-state index in [4.69, 9.17) is 5.14 Å². The Morgan fingerprint density at radius 3 is 2.45 bits per heavy atom. The molecule has 0 aliphatic rings. The largest absolute Gasteiger partial charge is 0.508 e. The van der Waals surface area contributed by atoms with Gasteiger partial charge in [0, 0.05) is 24.5 Å². The van der Waals surface area contributed by atoms with Gasteiger partial charge in [-0.2, -0.15) is 0 Å². The maximum absolute atomic E-state index is 11.4. The van der Waals surface area contributed by atoms with Crippen molar-refractivity contribution >= 4 is 21.5 Å². The number of aryl methyl sites for hydroxylation is 1. The lowest BCUT2D eigenvalue weighted by Crippen LogP contribution is -2.12. The SMILES string of the molecule is Cc1nc2c(NCc3ccc(S(N)(=O)=O)cc3)nccn2c1-c1ccc(O)cc1. The number of aromatic hydroxyl groups is 1. The summed E-state index contributed by atoms with van der Waals surface area (Å²) >= 11 is 0. The van der Waals surface area contributed by atoms with Gasteiger partial charge in [-0.25, -0.2) is 23.5 Å². The first-order valence-corrected chi connectivity index (χ1v) is 10.4. The molecule has 4 aromatic rings. The number of nitrogens with two attached hydrogens (primary N) is 1. The average molecular weight is 409 g/mol. The van der Waals surface area contributed by atoms with Crippen molar-refractivity contribution in [2.75, 3.05) is 5.32 Å². The predicted octanol–water partition coefficient (Wildman–Crippen LogP) is 2.67. The van der Waals surface area contributed by atoms with Crippen molar-refractivity contribution in [3.8, 4) is 17.0 Å². The van der Waals surface area contributed by atoms with Crippen LogP contribution in [0.1, 0.15) is 11.3 Å². The number of nitrogens with one attached hydrogen (secondary N) is 1. The fourth-order valence-electron chi connectivity index (χ4n) is 3.17. The zero-order valence-electron chi connectivity index (χ0n) is 15.6. The lowest BCUT2D eigenvalue weighted by Gasteiger charge is -2.08. The van der Waals surface area contributed by atoms with Gasteiger partial charge >= 0.3 is 0 Å². The van der Waals surface area contributed by atoms with Gasteiger partial charge in [-0.05, 0) is 48.9 Å². The Hall–Kier alpha value is -3.43. The van der Waals surface area contributed by atoms with Crippen LogP contribution in [0.15, 0.2) is 65.8 Å². The quantitative estimate of drug-likeness (QED) is 0.466. The molecular formula is C20H19N5O3S. The van der Waals surface area contributed by atoms with Crippen LogP contribution in [-0.2, 0) is 16.6 Å². The highest BCUT2D eigenvalue weighted by Crippen LogP contribution is 2.28. The Balaban J connectivity index is 1.63. The van der Waals surface area contributed by atoms with Crippen molar-refractivity contribution in [1.82, 2.24) is 14.4 Å². The van der Waals surface area contributed by atoms with Crippen LogP contribution in [0, 0.1) is 6.92 Å². The van der Waals surface area contributed by atoms with Crippen LogP contribution >= 0.6 is 0 Å². The van der Waals surface area contributed by atoms with E-state index in [0.29, 0.717) is 18.0 Å². The highest BCUT2D eigenvalue weighted by atomic mass is 32.2. The molecule has 2 aromatic carbocycles. The molecule has 4 N–H and O–H groups in total. The Bertz CT molecular complexity index is 1280. The summed E-state index contributed by atoms with van der Waals surface area (Å²) in [6.07, 6.45) is 3.52. The van der Waals surface area contributed by atoms with Gasteiger partial charge in [-0.1, -0.05) is 12.1 Å². The fourth-order valence-corrected chi connectivity index (χ4v) is 3.68. The minimum atomic E-state index is -3.71. The number of aromatic nitrogens is 3. The Morgan fingerprint density at radius 2 is 1.79 bits per heavy atom. The number of fused-ring (bicyclic) bond motifs is 1. The molecule has 0 amide bonds. The second-order valence-electron chi connectivity index (χ2n) is 6.60. The molecule has 0 fully saturated rings. The molecular weight excluding hydrogens is 390 g/mol. The Kier molecular flexibility index (Phi) is 4.69. The van der Waals surface area contributed by atoms with Crippen molar-refractivity contribution in [2.45, 2.75) is 18.4 Å². The van der Waals surface area contributed by atoms with Crippen LogP contribution in [0.25, 0.3) is 16.9 Å². The number of benzene rings is 2. The second kappa shape index (κ2) is 7.19. The molecule has 0 saturated heterocycles. The highest BCUT2D eigenvalue weighted by molar-refractivity contribution is 7.89. The molecule has 2 aromatic heterocycles. The van der Waals surface area contributed by atoms with Crippen LogP contribution in [0.4, 0.5) is 5.82 Å². The van der Waals surface area contributed by atoms with Gasteiger partial charge < -0.3 is 10.4 Å². The Labute approximate surface area is 167 Å². The number of hydrogen-bond donors (Lipinski definition) is 3. The van der Waals surface area contributed by atoms with Crippen LogP contribution < -0.4 is 10.5 Å². The van der Waals surface area contributed by atoms with Gasteiger partial charge in [0.2, 0.25) is 10.0 Å². The molecule has 0 radical (unpaired) electrons. The maximum Gasteiger partial charge on any atom is 0.238 e. The molecule has 2 heterocycles. The normalized spacial score (nSPS) is 11.7. The number of phenols is 1. The molecule has 4 rings (SSSR count). The predicted molar refractivity (Wildman–Crippen MR) is 110 cm³/mol. The van der Waals surface area contributed by atoms with Crippen molar-refractivity contribution < 1.29 is 13.5 Å². The minimum Gasteiger partial charge on any atom is -0.508 e. The summed E-state index contributed by atoms with van der Waals surface area (Å²) in [6.45, 7) is 2.36. The molecule has 0 atom stereocenters. The molecule has 0 aliphatic carbocycles. The number of anilines is 1. The first-order chi connectivity index (χ1) is 13.8. The number of hydrogen-bond acceptors (Lipinski definition) is 6. The van der Waals surface area contributed by atoms with Gasteiger partial charge in [-0.15, -0.1) is 0 Å². The monoisotopic (exact) mass is 409 g/mol. The molecule has 0 saturated carbocycles. The summed E-state index contributed by atoms with van der Waals surface area (Å²) in [4.78, 5) is 9.11. The number of sulfonamides is 1. The number of imidazole rings is 1. The molecule has 0 bridgehead atoms. The fraction of sp³-hybridized carbons (Fsp3) is 0.100. The van der Waals surface area contributed by atoms with E-state index < -0.39 is 10.0 Å². The van der Waals surface area contributed by atoms with E-state index >= 15 is 0 Å². The zero-order valence-corrected chi connectivity index (χ0v) is 16.4. The highest BCUT2D eigenvalue weighted by Gasteiger charge is 2.14. The van der Waals surface area contributed by atoms with Crippen molar-refractivity contribution in [1.29, 1.82) is 0 Å². The smallest absolute Gasteiger partial charge is 0.238 e. The van der Waals surface area contributed by atoms with Gasteiger partial charge in [0.05, 0.1) is 16.3 Å². The lowest BCUT2D eigenvalue weighted by atomic mass is 10.1. The molecule has 0 spiro atoms. The summed E-state index contributed by atoms with van der Waals surface area (Å²) in [7, 11) is -3.71. The van der Waals surface area contributed by atoms with Gasteiger partial charge in [0.1, 0.15) is 5.75 Å². The average Bonchev–Trinajstić information content (AvgIpc) is 3.03. The maximum atomic E-state index is 11.4. The van der Waals surface area contributed by atoms with Gasteiger partial charge in [0.15, 0.2) is 11.5 Å². The van der Waals surface area contributed by atoms with E-state index in [1.807, 2.05) is 29.7 Å². The standard InChI is InChI=1S/C20H19N5O3S/c1-13-18(15-4-6-16(26)7-5-15)25-11-10-22-19(20(25)24-13)23-12-14-2-8-17(9-3-14)29(21,27)28/h2-11,26H,12H2,1H3,(H,22,23)(H2,21,27,28). The first kappa shape index (κ1) is 18.9. The Morgan fingerprint density at radius 1 is 1.10 bits per heavy atom. The zero-order chi connectivity index (χ0) is 20.6. The molecule has 9 heteroatoms. The van der Waals surface area contributed by atoms with Crippen molar-refractivity contribution in [3.63, 3.8) is 0 Å². The number of phenolic OH excluding ortho intramolecular Hbond substituents is 1. The number of nitrogens with zero attached hydrogens (tertiary/aromatic N) is 3. The summed E-state index contributed by atoms with van der Waals surface area (Å²) in [5.74, 6) is 0.814. The van der Waals surface area contributed by atoms with E-state index in [1.165, 1.54) is 12.1 Å². The third kappa shape index (κ3) is 3.78. The van der Waals surface area contributed by atoms with E-state index in [1.54, 1.807) is 30.5 Å².